The largest absolute Gasteiger partial charge is 0.256 e. The van der Waals surface area contributed by atoms with Crippen LogP contribution in [0.1, 0.15) is 5.56 Å². The van der Waals surface area contributed by atoms with E-state index >= 15 is 0 Å². The van der Waals surface area contributed by atoms with Crippen molar-refractivity contribution in [1.29, 1.82) is 5.26 Å². The molecule has 62 valence electrons. The summed E-state index contributed by atoms with van der Waals surface area (Å²) in [7, 11) is -2.64. The fourth-order valence-electron chi connectivity index (χ4n) is 0.760. The molecular weight excluding hydrogens is 172 g/mol. The van der Waals surface area contributed by atoms with Crippen LogP contribution in [0.25, 0.3) is 0 Å². The highest BCUT2D eigenvalue weighted by atomic mass is 32.2. The van der Waals surface area contributed by atoms with E-state index < -0.39 is 9.71 Å². The summed E-state index contributed by atoms with van der Waals surface area (Å²) in [4.78, 5) is 0.460. The Labute approximate surface area is 71.6 Å². The normalized spacial score (nSPS) is 14.7. The minimum absolute atomic E-state index is 0.460. The average Bonchev–Trinajstić information content (AvgIpc) is 2.03. The van der Waals surface area contributed by atoms with Crippen molar-refractivity contribution in [3.8, 4) is 6.07 Å². The van der Waals surface area contributed by atoms with Gasteiger partial charge in [-0.2, -0.15) is 5.26 Å². The molecule has 2 N–H and O–H groups in total. The molecule has 1 aromatic carbocycles. The quantitative estimate of drug-likeness (QED) is 0.640. The van der Waals surface area contributed by atoms with E-state index in [-0.39, 0.29) is 0 Å². The van der Waals surface area contributed by atoms with Gasteiger partial charge in [0.15, 0.2) is 0 Å². The summed E-state index contributed by atoms with van der Waals surface area (Å²) < 4.78 is 11.2. The Morgan fingerprint density at radius 3 is 2.25 bits per heavy atom. The van der Waals surface area contributed by atoms with Crippen molar-refractivity contribution < 1.29 is 4.21 Å². The van der Waals surface area contributed by atoms with Crippen LogP contribution in [0.15, 0.2) is 29.2 Å². The van der Waals surface area contributed by atoms with Crippen LogP contribution in [0.5, 0.6) is 0 Å². The maximum atomic E-state index is 11.2. The second-order valence-corrected chi connectivity index (χ2v) is 4.29. The first-order chi connectivity index (χ1) is 5.54. The van der Waals surface area contributed by atoms with Gasteiger partial charge in [-0.3, -0.25) is 5.14 Å². The molecule has 12 heavy (non-hydrogen) atoms. The molecule has 3 nitrogen and oxygen atoms in total. The van der Waals surface area contributed by atoms with Crippen molar-refractivity contribution in [3.05, 3.63) is 29.8 Å². The first-order valence-corrected chi connectivity index (χ1v) is 4.98. The van der Waals surface area contributed by atoms with Crippen molar-refractivity contribution in [1.82, 2.24) is 0 Å². The van der Waals surface area contributed by atoms with Gasteiger partial charge >= 0.3 is 0 Å². The lowest BCUT2D eigenvalue weighted by Gasteiger charge is -2.00. The Kier molecular flexibility index (Phi) is 2.18. The third-order valence-corrected chi connectivity index (χ3v) is 2.45. The summed E-state index contributed by atoms with van der Waals surface area (Å²) >= 11 is 0. The maximum Gasteiger partial charge on any atom is 0.0991 e. The van der Waals surface area contributed by atoms with Gasteiger partial charge in [-0.05, 0) is 30.1 Å². The molecule has 0 bridgehead atoms. The summed E-state index contributed by atoms with van der Waals surface area (Å²) in [6.45, 7) is 0. The highest BCUT2D eigenvalue weighted by Crippen LogP contribution is 2.07. The zero-order valence-corrected chi connectivity index (χ0v) is 7.17. The fourth-order valence-corrected chi connectivity index (χ4v) is 1.36. The van der Waals surface area contributed by atoms with Crippen LogP contribution in [0.4, 0.5) is 0 Å². The molecule has 4 heteroatoms. The molecule has 0 saturated heterocycles. The maximum absolute atomic E-state index is 11.2. The van der Waals surface area contributed by atoms with Gasteiger partial charge in [0.2, 0.25) is 0 Å². The van der Waals surface area contributed by atoms with Crippen molar-refractivity contribution in [2.45, 2.75) is 4.90 Å². The molecule has 0 spiro atoms. The highest BCUT2D eigenvalue weighted by molar-refractivity contribution is 7.98. The van der Waals surface area contributed by atoms with Gasteiger partial charge in [0.05, 0.1) is 21.3 Å². The molecule has 0 amide bonds. The fraction of sp³-hybridized carbons (Fsp3) is 0. The van der Waals surface area contributed by atoms with Crippen molar-refractivity contribution in [2.24, 2.45) is 5.14 Å². The molecular formula is C8H8N2OS. The molecule has 1 unspecified atom stereocenters. The molecule has 1 rings (SSSR count). The van der Waals surface area contributed by atoms with Gasteiger partial charge in [0.1, 0.15) is 0 Å². The predicted molar refractivity (Wildman–Crippen MR) is 48.9 cm³/mol. The number of nitrogens with zero attached hydrogens (tertiary/aromatic N) is 1. The van der Waals surface area contributed by atoms with E-state index in [1.807, 2.05) is 6.07 Å². The SMILES string of the molecule is C=S(N)(=O)c1ccc(C#N)cc1. The molecule has 0 aliphatic rings. The standard InChI is InChI=1S/C8H8N2OS/c1-12(10,11)8-4-2-7(6-9)3-5-8/h2-5H,1H2,(H2,10,11). The third-order valence-electron chi connectivity index (χ3n) is 1.38. The van der Waals surface area contributed by atoms with Crippen LogP contribution in [0.3, 0.4) is 0 Å². The Balaban J connectivity index is 3.20. The van der Waals surface area contributed by atoms with E-state index in [0.717, 1.165) is 0 Å². The Bertz CT molecular complexity index is 411. The molecule has 0 aromatic heterocycles. The Morgan fingerprint density at radius 1 is 1.42 bits per heavy atom. The molecule has 1 atom stereocenters. The van der Waals surface area contributed by atoms with E-state index in [9.17, 15) is 4.21 Å². The summed E-state index contributed by atoms with van der Waals surface area (Å²) in [6.07, 6.45) is 0. The van der Waals surface area contributed by atoms with Crippen LogP contribution in [0.2, 0.25) is 0 Å². The lowest BCUT2D eigenvalue weighted by Crippen LogP contribution is -2.11. The summed E-state index contributed by atoms with van der Waals surface area (Å²) in [5.41, 5.74) is 0.516. The van der Waals surface area contributed by atoms with Crippen LogP contribution in [0, 0.1) is 11.3 Å². The second kappa shape index (κ2) is 2.97. The van der Waals surface area contributed by atoms with Crippen molar-refractivity contribution >= 4 is 15.6 Å². The smallest absolute Gasteiger partial charge is 0.0991 e. The Hall–Kier alpha value is -1.31. The monoisotopic (exact) mass is 180 g/mol. The second-order valence-electron chi connectivity index (χ2n) is 2.36. The van der Waals surface area contributed by atoms with E-state index in [0.29, 0.717) is 10.5 Å². The van der Waals surface area contributed by atoms with E-state index in [1.165, 1.54) is 0 Å². The van der Waals surface area contributed by atoms with Gasteiger partial charge in [-0.25, -0.2) is 4.21 Å². The number of nitriles is 1. The Morgan fingerprint density at radius 2 is 1.92 bits per heavy atom. The molecule has 0 aliphatic heterocycles. The van der Waals surface area contributed by atoms with E-state index in [4.69, 9.17) is 10.4 Å². The third kappa shape index (κ3) is 1.84. The highest BCUT2D eigenvalue weighted by Gasteiger charge is 1.99. The summed E-state index contributed by atoms with van der Waals surface area (Å²) in [5.74, 6) is 3.32. The van der Waals surface area contributed by atoms with Gasteiger partial charge in [-0.1, -0.05) is 0 Å². The van der Waals surface area contributed by atoms with Gasteiger partial charge in [0.25, 0.3) is 0 Å². The van der Waals surface area contributed by atoms with Crippen molar-refractivity contribution in [2.75, 3.05) is 0 Å². The average molecular weight is 180 g/mol. The predicted octanol–water partition coefficient (Wildman–Crippen LogP) is 0.507. The van der Waals surface area contributed by atoms with Crippen LogP contribution in [-0.2, 0) is 9.71 Å². The zero-order valence-electron chi connectivity index (χ0n) is 6.36. The molecule has 0 aliphatic carbocycles. The lowest BCUT2D eigenvalue weighted by molar-refractivity contribution is 0.682. The molecule has 0 radical (unpaired) electrons. The lowest BCUT2D eigenvalue weighted by atomic mass is 10.2. The number of rotatable bonds is 1. The van der Waals surface area contributed by atoms with Gasteiger partial charge < -0.3 is 0 Å². The number of hydrogen-bond acceptors (Lipinski definition) is 2. The van der Waals surface area contributed by atoms with Crippen molar-refractivity contribution in [3.63, 3.8) is 0 Å². The zero-order chi connectivity index (χ0) is 9.19. The molecule has 0 fully saturated rings. The first kappa shape index (κ1) is 8.78. The van der Waals surface area contributed by atoms with Crippen LogP contribution >= 0.6 is 0 Å². The van der Waals surface area contributed by atoms with Gasteiger partial charge in [-0.15, -0.1) is 0 Å². The first-order valence-electron chi connectivity index (χ1n) is 3.19. The van der Waals surface area contributed by atoms with E-state index in [2.05, 4.69) is 5.87 Å². The summed E-state index contributed by atoms with van der Waals surface area (Å²) in [5, 5.41) is 13.7. The number of hydrogen-bond donors (Lipinski definition) is 1. The molecule has 1 aromatic rings. The minimum atomic E-state index is -2.64. The van der Waals surface area contributed by atoms with Gasteiger partial charge in [0, 0.05) is 4.90 Å². The van der Waals surface area contributed by atoms with Crippen LogP contribution < -0.4 is 5.14 Å². The molecule has 0 saturated carbocycles. The number of benzene rings is 1. The van der Waals surface area contributed by atoms with E-state index in [1.54, 1.807) is 24.3 Å². The topological polar surface area (TPSA) is 66.9 Å². The summed E-state index contributed by atoms with van der Waals surface area (Å²) in [6, 6.07) is 8.18. The van der Waals surface area contributed by atoms with Crippen LogP contribution in [-0.4, -0.2) is 10.1 Å². The minimum Gasteiger partial charge on any atom is -0.256 e. The molecule has 0 heterocycles. The number of nitrogens with two attached hydrogens (primary N) is 1.